The van der Waals surface area contributed by atoms with E-state index in [-0.39, 0.29) is 0 Å². The molecule has 0 radical (unpaired) electrons. The molecule has 0 aromatic heterocycles. The molecule has 2 aromatic carbocycles. The van der Waals surface area contributed by atoms with E-state index >= 15 is 0 Å². The van der Waals surface area contributed by atoms with Gasteiger partial charge in [-0.15, -0.1) is 0 Å². The average molecular weight is 218 g/mol. The molecule has 0 heteroatoms. The maximum absolute atomic E-state index is 4.25. The maximum atomic E-state index is 4.25. The molecule has 0 nitrogen and oxygen atoms in total. The van der Waals surface area contributed by atoms with E-state index in [0.717, 1.165) is 0 Å². The smallest absolute Gasteiger partial charge is 0.0278 e. The first-order valence-corrected chi connectivity index (χ1v) is 5.87. The Bertz CT molecular complexity index is 576. The second kappa shape index (κ2) is 4.06. The largest absolute Gasteiger partial charge is 0.0943 e. The van der Waals surface area contributed by atoms with Gasteiger partial charge < -0.3 is 0 Å². The maximum Gasteiger partial charge on any atom is 0.0278 e. The van der Waals surface area contributed by atoms with Crippen LogP contribution in [0, 0.1) is 0 Å². The molecule has 17 heavy (non-hydrogen) atoms. The van der Waals surface area contributed by atoms with Gasteiger partial charge in [-0.1, -0.05) is 73.3 Å². The van der Waals surface area contributed by atoms with Crippen LogP contribution in [0.1, 0.15) is 22.6 Å². The minimum Gasteiger partial charge on any atom is -0.0943 e. The Labute approximate surface area is 102 Å². The topological polar surface area (TPSA) is 0 Å². The van der Waals surface area contributed by atoms with Crippen molar-refractivity contribution in [3.05, 3.63) is 83.9 Å². The highest BCUT2D eigenvalue weighted by Gasteiger charge is 2.19. The number of hydrogen-bond acceptors (Lipinski definition) is 0. The highest BCUT2D eigenvalue weighted by atomic mass is 14.2. The zero-order valence-corrected chi connectivity index (χ0v) is 9.64. The first kappa shape index (κ1) is 10.1. The van der Waals surface area contributed by atoms with E-state index in [9.17, 15) is 0 Å². The number of allylic oxidation sites excluding steroid dienone is 2. The van der Waals surface area contributed by atoms with Crippen LogP contribution in [-0.4, -0.2) is 0 Å². The minimum absolute atomic E-state index is 0.327. The van der Waals surface area contributed by atoms with E-state index in [2.05, 4.69) is 67.3 Å². The molecular weight excluding hydrogens is 204 g/mol. The summed E-state index contributed by atoms with van der Waals surface area (Å²) >= 11 is 0. The third kappa shape index (κ3) is 1.72. The zero-order chi connectivity index (χ0) is 11.7. The van der Waals surface area contributed by atoms with Gasteiger partial charge in [0.25, 0.3) is 0 Å². The van der Waals surface area contributed by atoms with E-state index in [1.165, 1.54) is 22.3 Å². The third-order valence-electron chi connectivity index (χ3n) is 3.32. The summed E-state index contributed by atoms with van der Waals surface area (Å²) in [5.74, 6) is 0.327. The molecule has 82 valence electrons. The lowest BCUT2D eigenvalue weighted by molar-refractivity contribution is 1.14. The van der Waals surface area contributed by atoms with Crippen molar-refractivity contribution in [1.29, 1.82) is 0 Å². The Morgan fingerprint density at radius 1 is 0.882 bits per heavy atom. The van der Waals surface area contributed by atoms with Crippen LogP contribution < -0.4 is 0 Å². The number of fused-ring (bicyclic) bond motifs is 1. The molecule has 0 amide bonds. The van der Waals surface area contributed by atoms with Crippen molar-refractivity contribution in [2.45, 2.75) is 5.92 Å². The van der Waals surface area contributed by atoms with E-state index in [0.29, 0.717) is 5.92 Å². The summed E-state index contributed by atoms with van der Waals surface area (Å²) in [5, 5.41) is 0. The molecule has 1 aliphatic carbocycles. The molecule has 0 saturated heterocycles. The SMILES string of the molecule is C=C(c1ccccc1)C1C=Cc2ccccc21. The van der Waals surface area contributed by atoms with Gasteiger partial charge in [0.2, 0.25) is 0 Å². The summed E-state index contributed by atoms with van der Waals surface area (Å²) in [4.78, 5) is 0. The molecular formula is C17H14. The van der Waals surface area contributed by atoms with Crippen molar-refractivity contribution in [2.75, 3.05) is 0 Å². The standard InChI is InChI=1S/C17H14/c1-13(14-7-3-2-4-8-14)16-12-11-15-9-5-6-10-17(15)16/h2-12,16H,1H2. The van der Waals surface area contributed by atoms with Crippen molar-refractivity contribution >= 4 is 11.6 Å². The Hall–Kier alpha value is -2.08. The van der Waals surface area contributed by atoms with Gasteiger partial charge >= 0.3 is 0 Å². The fourth-order valence-electron chi connectivity index (χ4n) is 2.39. The fourth-order valence-corrected chi connectivity index (χ4v) is 2.39. The van der Waals surface area contributed by atoms with Gasteiger partial charge in [0.05, 0.1) is 0 Å². The van der Waals surface area contributed by atoms with Crippen LogP contribution in [-0.2, 0) is 0 Å². The summed E-state index contributed by atoms with van der Waals surface area (Å²) in [6.45, 7) is 4.25. The summed E-state index contributed by atoms with van der Waals surface area (Å²) in [7, 11) is 0. The molecule has 3 rings (SSSR count). The normalized spacial score (nSPS) is 16.8. The quantitative estimate of drug-likeness (QED) is 0.695. The van der Waals surface area contributed by atoms with Crippen LogP contribution in [0.4, 0.5) is 0 Å². The molecule has 1 unspecified atom stereocenters. The number of benzene rings is 2. The molecule has 0 fully saturated rings. The van der Waals surface area contributed by atoms with Crippen molar-refractivity contribution in [2.24, 2.45) is 0 Å². The fraction of sp³-hybridized carbons (Fsp3) is 0.0588. The summed E-state index contributed by atoms with van der Waals surface area (Å²) < 4.78 is 0. The molecule has 1 atom stereocenters. The molecule has 0 aliphatic heterocycles. The predicted octanol–water partition coefficient (Wildman–Crippen LogP) is 4.51. The highest BCUT2D eigenvalue weighted by molar-refractivity contribution is 5.78. The molecule has 0 saturated carbocycles. The number of hydrogen-bond donors (Lipinski definition) is 0. The molecule has 0 spiro atoms. The summed E-state index contributed by atoms with van der Waals surface area (Å²) in [5.41, 5.74) is 5.07. The van der Waals surface area contributed by atoms with Crippen LogP contribution in [0.15, 0.2) is 67.3 Å². The average Bonchev–Trinajstić information content (AvgIpc) is 2.83. The second-order valence-corrected chi connectivity index (χ2v) is 4.36. The lowest BCUT2D eigenvalue weighted by atomic mass is 9.89. The molecule has 0 bridgehead atoms. The van der Waals surface area contributed by atoms with Gasteiger partial charge in [0.1, 0.15) is 0 Å². The zero-order valence-electron chi connectivity index (χ0n) is 9.64. The number of rotatable bonds is 2. The molecule has 0 heterocycles. The monoisotopic (exact) mass is 218 g/mol. The third-order valence-corrected chi connectivity index (χ3v) is 3.32. The van der Waals surface area contributed by atoms with Crippen LogP contribution in [0.2, 0.25) is 0 Å². The van der Waals surface area contributed by atoms with Crippen LogP contribution >= 0.6 is 0 Å². The Balaban J connectivity index is 1.98. The van der Waals surface area contributed by atoms with Gasteiger partial charge in [0, 0.05) is 5.92 Å². The predicted molar refractivity (Wildman–Crippen MR) is 73.7 cm³/mol. The van der Waals surface area contributed by atoms with E-state index in [1.807, 2.05) is 6.07 Å². The van der Waals surface area contributed by atoms with E-state index < -0.39 is 0 Å². The van der Waals surface area contributed by atoms with Gasteiger partial charge in [-0.25, -0.2) is 0 Å². The Morgan fingerprint density at radius 2 is 1.59 bits per heavy atom. The Kier molecular flexibility index (Phi) is 2.41. The van der Waals surface area contributed by atoms with Crippen LogP contribution in [0.3, 0.4) is 0 Å². The highest BCUT2D eigenvalue weighted by Crippen LogP contribution is 2.38. The van der Waals surface area contributed by atoms with Crippen LogP contribution in [0.5, 0.6) is 0 Å². The van der Waals surface area contributed by atoms with Crippen LogP contribution in [0.25, 0.3) is 11.6 Å². The van der Waals surface area contributed by atoms with E-state index in [1.54, 1.807) is 0 Å². The van der Waals surface area contributed by atoms with Crippen molar-refractivity contribution in [1.82, 2.24) is 0 Å². The lowest BCUT2D eigenvalue weighted by Crippen LogP contribution is -1.96. The van der Waals surface area contributed by atoms with Gasteiger partial charge in [-0.2, -0.15) is 0 Å². The Morgan fingerprint density at radius 3 is 2.41 bits per heavy atom. The molecule has 1 aliphatic rings. The van der Waals surface area contributed by atoms with Crippen molar-refractivity contribution in [3.8, 4) is 0 Å². The molecule has 0 N–H and O–H groups in total. The summed E-state index contributed by atoms with van der Waals surface area (Å²) in [6.07, 6.45) is 4.42. The second-order valence-electron chi connectivity index (χ2n) is 4.36. The lowest BCUT2D eigenvalue weighted by Gasteiger charge is -2.14. The van der Waals surface area contributed by atoms with Gasteiger partial charge in [-0.05, 0) is 22.3 Å². The summed E-state index contributed by atoms with van der Waals surface area (Å²) in [6, 6.07) is 18.9. The first-order valence-electron chi connectivity index (χ1n) is 5.87. The van der Waals surface area contributed by atoms with Gasteiger partial charge in [0.15, 0.2) is 0 Å². The van der Waals surface area contributed by atoms with Gasteiger partial charge in [-0.3, -0.25) is 0 Å². The first-order chi connectivity index (χ1) is 8.36. The molecule has 2 aromatic rings. The van der Waals surface area contributed by atoms with Crippen molar-refractivity contribution < 1.29 is 0 Å². The minimum atomic E-state index is 0.327. The van der Waals surface area contributed by atoms with Crippen molar-refractivity contribution in [3.63, 3.8) is 0 Å². The van der Waals surface area contributed by atoms with E-state index in [4.69, 9.17) is 0 Å².